The number of rotatable bonds is 6. The van der Waals surface area contributed by atoms with Crippen LogP contribution in [-0.4, -0.2) is 48.5 Å². The number of likely N-dealkylation sites (N-methyl/N-ethyl adjacent to an activating group) is 1. The highest BCUT2D eigenvalue weighted by Crippen LogP contribution is 2.26. The van der Waals surface area contributed by atoms with Gasteiger partial charge in [-0.2, -0.15) is 0 Å². The van der Waals surface area contributed by atoms with E-state index in [1.165, 1.54) is 17.0 Å². The highest BCUT2D eigenvalue weighted by molar-refractivity contribution is 7.13. The van der Waals surface area contributed by atoms with Gasteiger partial charge in [0.25, 0.3) is 5.91 Å². The number of piperazine rings is 1. The maximum atomic E-state index is 12.8. The van der Waals surface area contributed by atoms with Gasteiger partial charge in [0, 0.05) is 44.0 Å². The minimum Gasteiger partial charge on any atom is -0.369 e. The molecule has 0 spiro atoms. The summed E-state index contributed by atoms with van der Waals surface area (Å²) >= 11 is 1.51. The third kappa shape index (κ3) is 4.92. The molecule has 6 heteroatoms. The molecule has 0 saturated carbocycles. The van der Waals surface area contributed by atoms with Crippen LogP contribution in [0.2, 0.25) is 0 Å². The summed E-state index contributed by atoms with van der Waals surface area (Å²) in [5.41, 5.74) is 4.02. The Hall–Kier alpha value is -1.92. The van der Waals surface area contributed by atoms with Crippen LogP contribution in [0.4, 0.5) is 11.4 Å². The van der Waals surface area contributed by atoms with Gasteiger partial charge in [0.15, 0.2) is 0 Å². The highest BCUT2D eigenvalue weighted by atomic mass is 32.1. The zero-order valence-corrected chi connectivity index (χ0v) is 18.5. The first-order valence-electron chi connectivity index (χ1n) is 10.2. The van der Waals surface area contributed by atoms with E-state index in [4.69, 9.17) is 0 Å². The molecule has 1 aliphatic heterocycles. The van der Waals surface area contributed by atoms with Crippen LogP contribution in [0.1, 0.15) is 46.7 Å². The second-order valence-electron chi connectivity index (χ2n) is 7.99. The molecule has 0 radical (unpaired) electrons. The summed E-state index contributed by atoms with van der Waals surface area (Å²) in [6, 6.07) is 6.33. The first-order valence-corrected chi connectivity index (χ1v) is 11.0. The quantitative estimate of drug-likeness (QED) is 0.783. The Balaban J connectivity index is 1.68. The summed E-state index contributed by atoms with van der Waals surface area (Å²) in [6.45, 7) is 16.0. The van der Waals surface area contributed by atoms with Crippen molar-refractivity contribution in [3.63, 3.8) is 0 Å². The van der Waals surface area contributed by atoms with Gasteiger partial charge < -0.3 is 15.1 Å². The van der Waals surface area contributed by atoms with E-state index in [1.807, 2.05) is 13.0 Å². The molecule has 3 rings (SSSR count). The molecule has 1 saturated heterocycles. The number of aryl methyl sites for hydroxylation is 2. The summed E-state index contributed by atoms with van der Waals surface area (Å²) in [5, 5.41) is 4.12. The van der Waals surface area contributed by atoms with Crippen molar-refractivity contribution in [1.29, 1.82) is 0 Å². The van der Waals surface area contributed by atoms with Crippen molar-refractivity contribution in [2.45, 2.75) is 41.0 Å². The molecule has 2 aromatic rings. The molecule has 2 heterocycles. The summed E-state index contributed by atoms with van der Waals surface area (Å²) in [4.78, 5) is 23.0. The van der Waals surface area contributed by atoms with E-state index in [9.17, 15) is 4.79 Å². The van der Waals surface area contributed by atoms with Gasteiger partial charge in [0.2, 0.25) is 0 Å². The predicted molar refractivity (Wildman–Crippen MR) is 119 cm³/mol. The number of carbonyl (C=O) groups excluding carboxylic acids is 1. The molecule has 152 valence electrons. The molecule has 0 bridgehead atoms. The Morgan fingerprint density at radius 2 is 1.93 bits per heavy atom. The number of nitrogens with zero attached hydrogens (tertiary/aromatic N) is 3. The van der Waals surface area contributed by atoms with Crippen LogP contribution in [-0.2, 0) is 6.42 Å². The lowest BCUT2D eigenvalue weighted by molar-refractivity contribution is 0.102. The summed E-state index contributed by atoms with van der Waals surface area (Å²) in [7, 11) is 0. The van der Waals surface area contributed by atoms with Crippen molar-refractivity contribution in [3.05, 3.63) is 39.3 Å². The normalized spacial score (nSPS) is 15.3. The Labute approximate surface area is 172 Å². The number of hydrogen-bond donors (Lipinski definition) is 1. The van der Waals surface area contributed by atoms with Gasteiger partial charge in [-0.05, 0) is 50.1 Å². The Morgan fingerprint density at radius 3 is 2.54 bits per heavy atom. The number of amides is 1. The van der Waals surface area contributed by atoms with Gasteiger partial charge in [-0.3, -0.25) is 4.79 Å². The fourth-order valence-corrected chi connectivity index (χ4v) is 4.76. The third-order valence-electron chi connectivity index (χ3n) is 5.27. The highest BCUT2D eigenvalue weighted by Gasteiger charge is 2.19. The maximum absolute atomic E-state index is 12.8. The molecular weight excluding hydrogens is 368 g/mol. The van der Waals surface area contributed by atoms with Crippen molar-refractivity contribution in [2.75, 3.05) is 42.9 Å². The van der Waals surface area contributed by atoms with Gasteiger partial charge in [0.1, 0.15) is 4.88 Å². The number of carbonyl (C=O) groups is 1. The molecule has 1 N–H and O–H groups in total. The summed E-state index contributed by atoms with van der Waals surface area (Å²) in [5.74, 6) is 0.479. The van der Waals surface area contributed by atoms with Crippen molar-refractivity contribution < 1.29 is 4.79 Å². The molecular formula is C22H32N4OS. The van der Waals surface area contributed by atoms with Gasteiger partial charge >= 0.3 is 0 Å². The molecule has 0 aliphatic carbocycles. The van der Waals surface area contributed by atoms with E-state index < -0.39 is 0 Å². The van der Waals surface area contributed by atoms with Gasteiger partial charge in [-0.1, -0.05) is 20.8 Å². The van der Waals surface area contributed by atoms with Gasteiger partial charge in [-0.25, -0.2) is 4.98 Å². The number of hydrogen-bond acceptors (Lipinski definition) is 5. The van der Waals surface area contributed by atoms with Crippen LogP contribution >= 0.6 is 11.3 Å². The average molecular weight is 401 g/mol. The zero-order chi connectivity index (χ0) is 20.3. The molecule has 28 heavy (non-hydrogen) atoms. The smallest absolute Gasteiger partial charge is 0.267 e. The lowest BCUT2D eigenvalue weighted by atomic mass is 10.1. The second-order valence-corrected chi connectivity index (χ2v) is 9.08. The fourth-order valence-electron chi connectivity index (χ4n) is 3.59. The molecule has 1 aromatic carbocycles. The lowest BCUT2D eigenvalue weighted by Gasteiger charge is -2.35. The molecule has 1 fully saturated rings. The number of nitrogens with one attached hydrogen (secondary N) is 1. The van der Waals surface area contributed by atoms with Crippen LogP contribution in [0.25, 0.3) is 0 Å². The Bertz CT molecular complexity index is 822. The monoisotopic (exact) mass is 400 g/mol. The number of anilines is 2. The van der Waals surface area contributed by atoms with E-state index in [0.29, 0.717) is 5.92 Å². The largest absolute Gasteiger partial charge is 0.369 e. The SMILES string of the molecule is CCN1CCN(c2ccc(NC(=O)c3sc(CC(C)C)nc3C)c(C)c2)CC1. The first kappa shape index (κ1) is 20.8. The number of thiazole rings is 1. The molecule has 0 atom stereocenters. The van der Waals surface area contributed by atoms with Crippen molar-refractivity contribution in [3.8, 4) is 0 Å². The minimum atomic E-state index is -0.0579. The third-order valence-corrected chi connectivity index (χ3v) is 6.45. The van der Waals surface area contributed by atoms with Crippen LogP contribution in [0.15, 0.2) is 18.2 Å². The van der Waals surface area contributed by atoms with Crippen molar-refractivity contribution >= 4 is 28.6 Å². The molecule has 1 amide bonds. The number of aromatic nitrogens is 1. The molecule has 0 unspecified atom stereocenters. The first-order chi connectivity index (χ1) is 13.4. The van der Waals surface area contributed by atoms with E-state index in [-0.39, 0.29) is 5.91 Å². The van der Waals surface area contributed by atoms with E-state index in [1.54, 1.807) is 0 Å². The Kier molecular flexibility index (Phi) is 6.73. The molecule has 1 aromatic heterocycles. The summed E-state index contributed by atoms with van der Waals surface area (Å²) < 4.78 is 0. The second kappa shape index (κ2) is 9.05. The van der Waals surface area contributed by atoms with Crippen LogP contribution in [0.5, 0.6) is 0 Å². The lowest BCUT2D eigenvalue weighted by Crippen LogP contribution is -2.46. The topological polar surface area (TPSA) is 48.5 Å². The standard InChI is InChI=1S/C22H32N4OS/c1-6-25-9-11-26(12-10-25)18-7-8-19(16(4)14-18)24-22(27)21-17(5)23-20(28-21)13-15(2)3/h7-8,14-15H,6,9-13H2,1-5H3,(H,24,27). The van der Waals surface area contributed by atoms with Crippen LogP contribution in [0.3, 0.4) is 0 Å². The van der Waals surface area contributed by atoms with Gasteiger partial charge in [-0.15, -0.1) is 11.3 Å². The van der Waals surface area contributed by atoms with Gasteiger partial charge in [0.05, 0.1) is 10.7 Å². The van der Waals surface area contributed by atoms with E-state index in [0.717, 1.165) is 66.0 Å². The molecule has 1 aliphatic rings. The van der Waals surface area contributed by atoms with E-state index >= 15 is 0 Å². The minimum absolute atomic E-state index is 0.0579. The van der Waals surface area contributed by atoms with Crippen LogP contribution in [0, 0.1) is 19.8 Å². The Morgan fingerprint density at radius 1 is 1.21 bits per heavy atom. The summed E-state index contributed by atoms with van der Waals surface area (Å²) in [6.07, 6.45) is 0.914. The fraction of sp³-hybridized carbons (Fsp3) is 0.545. The average Bonchev–Trinajstić information content (AvgIpc) is 3.03. The number of benzene rings is 1. The van der Waals surface area contributed by atoms with E-state index in [2.05, 4.69) is 59.9 Å². The maximum Gasteiger partial charge on any atom is 0.267 e. The predicted octanol–water partition coefficient (Wildman–Crippen LogP) is 4.35. The zero-order valence-electron chi connectivity index (χ0n) is 17.7. The van der Waals surface area contributed by atoms with Crippen molar-refractivity contribution in [1.82, 2.24) is 9.88 Å². The molecule has 5 nitrogen and oxygen atoms in total. The van der Waals surface area contributed by atoms with Crippen LogP contribution < -0.4 is 10.2 Å². The van der Waals surface area contributed by atoms with Crippen molar-refractivity contribution in [2.24, 2.45) is 5.92 Å².